The van der Waals surface area contributed by atoms with Gasteiger partial charge in [-0.2, -0.15) is 0 Å². The van der Waals surface area contributed by atoms with Crippen LogP contribution in [-0.2, 0) is 6.54 Å². The van der Waals surface area contributed by atoms with Crippen molar-refractivity contribution in [2.45, 2.75) is 6.54 Å². The summed E-state index contributed by atoms with van der Waals surface area (Å²) in [4.78, 5) is 0. The maximum absolute atomic E-state index is 5.26. The first-order chi connectivity index (χ1) is 9.22. The van der Waals surface area contributed by atoms with Crippen molar-refractivity contribution in [2.24, 2.45) is 0 Å². The Labute approximate surface area is 121 Å². The van der Waals surface area contributed by atoms with Gasteiger partial charge in [-0.25, -0.2) is 0 Å². The van der Waals surface area contributed by atoms with Crippen LogP contribution in [0.1, 0.15) is 5.56 Å². The summed E-state index contributed by atoms with van der Waals surface area (Å²) in [5.74, 6) is 1.59. The van der Waals surface area contributed by atoms with E-state index in [9.17, 15) is 0 Å². The van der Waals surface area contributed by atoms with Gasteiger partial charge in [-0.05, 0) is 45.8 Å². The van der Waals surface area contributed by atoms with E-state index in [-0.39, 0.29) is 0 Å². The smallest absolute Gasteiger partial charge is 0.122 e. The number of para-hydroxylation sites is 1. The molecule has 2 aromatic carbocycles. The van der Waals surface area contributed by atoms with E-state index in [2.05, 4.69) is 21.2 Å². The second-order valence-corrected chi connectivity index (χ2v) is 4.91. The lowest BCUT2D eigenvalue weighted by molar-refractivity contribution is 0.393. The van der Waals surface area contributed by atoms with E-state index < -0.39 is 0 Å². The van der Waals surface area contributed by atoms with Gasteiger partial charge in [0.1, 0.15) is 11.5 Å². The van der Waals surface area contributed by atoms with Crippen LogP contribution in [0.5, 0.6) is 11.5 Å². The minimum absolute atomic E-state index is 0.705. The van der Waals surface area contributed by atoms with Gasteiger partial charge in [0.05, 0.1) is 14.2 Å². The molecule has 0 amide bonds. The number of methoxy groups -OCH3 is 2. The molecular weight excluding hydrogens is 306 g/mol. The minimum atomic E-state index is 0.705. The van der Waals surface area contributed by atoms with Gasteiger partial charge in [-0.15, -0.1) is 0 Å². The Balaban J connectivity index is 2.13. The average Bonchev–Trinajstić information content (AvgIpc) is 2.46. The Morgan fingerprint density at radius 1 is 1.00 bits per heavy atom. The van der Waals surface area contributed by atoms with E-state index in [0.29, 0.717) is 6.54 Å². The van der Waals surface area contributed by atoms with Gasteiger partial charge in [0.25, 0.3) is 0 Å². The van der Waals surface area contributed by atoms with Crippen LogP contribution in [0.25, 0.3) is 0 Å². The van der Waals surface area contributed by atoms with E-state index in [0.717, 1.165) is 27.2 Å². The number of rotatable bonds is 5. The monoisotopic (exact) mass is 321 g/mol. The summed E-state index contributed by atoms with van der Waals surface area (Å²) in [7, 11) is 3.31. The molecule has 0 saturated carbocycles. The molecule has 3 nitrogen and oxygen atoms in total. The third kappa shape index (κ3) is 3.64. The van der Waals surface area contributed by atoms with Crippen molar-refractivity contribution in [3.8, 4) is 11.5 Å². The number of hydrogen-bond donors (Lipinski definition) is 1. The highest BCUT2D eigenvalue weighted by molar-refractivity contribution is 9.10. The summed E-state index contributed by atoms with van der Waals surface area (Å²) >= 11 is 3.51. The Morgan fingerprint density at radius 2 is 1.63 bits per heavy atom. The predicted octanol–water partition coefficient (Wildman–Crippen LogP) is 4.08. The molecule has 0 spiro atoms. The number of halogens is 1. The summed E-state index contributed by atoms with van der Waals surface area (Å²) in [5, 5.41) is 3.37. The zero-order valence-electron chi connectivity index (χ0n) is 10.9. The van der Waals surface area contributed by atoms with Crippen molar-refractivity contribution in [1.29, 1.82) is 0 Å². The summed E-state index contributed by atoms with van der Waals surface area (Å²) in [6.45, 7) is 0.705. The first kappa shape index (κ1) is 13.7. The van der Waals surface area contributed by atoms with E-state index >= 15 is 0 Å². The highest BCUT2D eigenvalue weighted by atomic mass is 79.9. The first-order valence-corrected chi connectivity index (χ1v) is 6.72. The first-order valence-electron chi connectivity index (χ1n) is 5.93. The molecule has 0 aliphatic rings. The summed E-state index contributed by atoms with van der Waals surface area (Å²) < 4.78 is 11.6. The van der Waals surface area contributed by atoms with Crippen LogP contribution < -0.4 is 14.8 Å². The molecule has 0 radical (unpaired) electrons. The van der Waals surface area contributed by atoms with Crippen LogP contribution in [-0.4, -0.2) is 14.2 Å². The Kier molecular flexibility index (Phi) is 4.68. The SMILES string of the molecule is COc1cc(CNc2ccccc2Br)cc(OC)c1. The molecule has 0 aliphatic heterocycles. The number of anilines is 1. The van der Waals surface area contributed by atoms with Crippen molar-refractivity contribution < 1.29 is 9.47 Å². The molecule has 4 heteroatoms. The van der Waals surface area contributed by atoms with Crippen molar-refractivity contribution in [1.82, 2.24) is 0 Å². The molecular formula is C15H16BrNO2. The summed E-state index contributed by atoms with van der Waals surface area (Å²) in [5.41, 5.74) is 2.16. The van der Waals surface area contributed by atoms with Crippen LogP contribution in [0, 0.1) is 0 Å². The van der Waals surface area contributed by atoms with Gasteiger partial charge >= 0.3 is 0 Å². The van der Waals surface area contributed by atoms with Crippen molar-refractivity contribution in [3.63, 3.8) is 0 Å². The molecule has 2 aromatic rings. The van der Waals surface area contributed by atoms with Crippen LogP contribution in [0.4, 0.5) is 5.69 Å². The molecule has 0 atom stereocenters. The maximum atomic E-state index is 5.26. The Bertz CT molecular complexity index is 535. The van der Waals surface area contributed by atoms with Gasteiger partial charge in [-0.3, -0.25) is 0 Å². The molecule has 0 heterocycles. The van der Waals surface area contributed by atoms with E-state index in [1.54, 1.807) is 14.2 Å². The topological polar surface area (TPSA) is 30.5 Å². The Hall–Kier alpha value is -1.68. The van der Waals surface area contributed by atoms with E-state index in [1.807, 2.05) is 42.5 Å². The normalized spacial score (nSPS) is 10.1. The summed E-state index contributed by atoms with van der Waals surface area (Å²) in [6.07, 6.45) is 0. The van der Waals surface area contributed by atoms with Crippen LogP contribution in [0.15, 0.2) is 46.9 Å². The predicted molar refractivity (Wildman–Crippen MR) is 81.0 cm³/mol. The van der Waals surface area contributed by atoms with Crippen LogP contribution in [0.2, 0.25) is 0 Å². The van der Waals surface area contributed by atoms with Crippen molar-refractivity contribution >= 4 is 21.6 Å². The van der Waals surface area contributed by atoms with Gasteiger partial charge in [0.2, 0.25) is 0 Å². The molecule has 19 heavy (non-hydrogen) atoms. The Morgan fingerprint density at radius 3 is 2.21 bits per heavy atom. The third-order valence-electron chi connectivity index (χ3n) is 2.77. The van der Waals surface area contributed by atoms with E-state index in [1.165, 1.54) is 0 Å². The number of ether oxygens (including phenoxy) is 2. The maximum Gasteiger partial charge on any atom is 0.122 e. The molecule has 0 fully saturated rings. The lowest BCUT2D eigenvalue weighted by Crippen LogP contribution is -2.01. The fraction of sp³-hybridized carbons (Fsp3) is 0.200. The lowest BCUT2D eigenvalue weighted by Gasteiger charge is -2.11. The van der Waals surface area contributed by atoms with Crippen molar-refractivity contribution in [3.05, 3.63) is 52.5 Å². The third-order valence-corrected chi connectivity index (χ3v) is 3.46. The molecule has 0 aromatic heterocycles. The standard InChI is InChI=1S/C15H16BrNO2/c1-18-12-7-11(8-13(9-12)19-2)10-17-15-6-4-3-5-14(15)16/h3-9,17H,10H2,1-2H3. The zero-order valence-corrected chi connectivity index (χ0v) is 12.5. The van der Waals surface area contributed by atoms with Crippen LogP contribution >= 0.6 is 15.9 Å². The molecule has 0 unspecified atom stereocenters. The van der Waals surface area contributed by atoms with Crippen LogP contribution in [0.3, 0.4) is 0 Å². The number of benzene rings is 2. The molecule has 2 rings (SSSR count). The molecule has 0 aliphatic carbocycles. The summed E-state index contributed by atoms with van der Waals surface area (Å²) in [6, 6.07) is 13.9. The number of nitrogens with one attached hydrogen (secondary N) is 1. The number of hydrogen-bond acceptors (Lipinski definition) is 3. The molecule has 0 bridgehead atoms. The molecule has 1 N–H and O–H groups in total. The van der Waals surface area contributed by atoms with Gasteiger partial charge in [0.15, 0.2) is 0 Å². The fourth-order valence-corrected chi connectivity index (χ4v) is 2.20. The average molecular weight is 322 g/mol. The zero-order chi connectivity index (χ0) is 13.7. The minimum Gasteiger partial charge on any atom is -0.497 e. The largest absolute Gasteiger partial charge is 0.497 e. The lowest BCUT2D eigenvalue weighted by atomic mass is 10.2. The van der Waals surface area contributed by atoms with Gasteiger partial charge in [0, 0.05) is 22.8 Å². The van der Waals surface area contributed by atoms with Gasteiger partial charge in [-0.1, -0.05) is 12.1 Å². The second kappa shape index (κ2) is 6.48. The highest BCUT2D eigenvalue weighted by Crippen LogP contribution is 2.25. The van der Waals surface area contributed by atoms with Gasteiger partial charge < -0.3 is 14.8 Å². The second-order valence-electron chi connectivity index (χ2n) is 4.05. The molecule has 100 valence electrons. The highest BCUT2D eigenvalue weighted by Gasteiger charge is 2.03. The van der Waals surface area contributed by atoms with E-state index in [4.69, 9.17) is 9.47 Å². The molecule has 0 saturated heterocycles. The quantitative estimate of drug-likeness (QED) is 0.900. The van der Waals surface area contributed by atoms with Crippen molar-refractivity contribution in [2.75, 3.05) is 19.5 Å². The fourth-order valence-electron chi connectivity index (χ4n) is 1.77.